The first-order valence-corrected chi connectivity index (χ1v) is 4.94. The van der Waals surface area contributed by atoms with Crippen molar-refractivity contribution in [3.05, 3.63) is 29.8 Å². The topological polar surface area (TPSA) is 89.8 Å². The van der Waals surface area contributed by atoms with Crippen LogP contribution in [-0.2, 0) is 11.2 Å². The van der Waals surface area contributed by atoms with E-state index in [2.05, 4.69) is 5.32 Å². The molecule has 88 valence electrons. The maximum absolute atomic E-state index is 11.4. The highest BCUT2D eigenvalue weighted by Crippen LogP contribution is 2.09. The molecular formula is C11H15NO4. The Morgan fingerprint density at radius 3 is 2.25 bits per heavy atom. The van der Waals surface area contributed by atoms with Crippen molar-refractivity contribution in [3.8, 4) is 5.75 Å². The summed E-state index contributed by atoms with van der Waals surface area (Å²) in [6.07, 6.45) is 0.150. The smallest absolute Gasteiger partial charge is 0.224 e. The molecule has 16 heavy (non-hydrogen) atoms. The molecule has 0 saturated carbocycles. The molecule has 0 radical (unpaired) electrons. The van der Waals surface area contributed by atoms with Gasteiger partial charge in [0.15, 0.2) is 0 Å². The first-order valence-electron chi connectivity index (χ1n) is 4.94. The first-order chi connectivity index (χ1) is 7.65. The van der Waals surface area contributed by atoms with E-state index in [-0.39, 0.29) is 31.3 Å². The Morgan fingerprint density at radius 1 is 1.19 bits per heavy atom. The van der Waals surface area contributed by atoms with Crippen molar-refractivity contribution in [1.29, 1.82) is 0 Å². The lowest BCUT2D eigenvalue weighted by Gasteiger charge is -2.13. The summed E-state index contributed by atoms with van der Waals surface area (Å²) in [5, 5.41) is 29.1. The normalized spacial score (nSPS) is 10.4. The van der Waals surface area contributed by atoms with Crippen molar-refractivity contribution in [1.82, 2.24) is 5.32 Å². The monoisotopic (exact) mass is 225 g/mol. The van der Waals surface area contributed by atoms with Gasteiger partial charge in [0.25, 0.3) is 0 Å². The van der Waals surface area contributed by atoms with Gasteiger partial charge in [-0.3, -0.25) is 4.79 Å². The number of nitrogens with one attached hydrogen (secondary N) is 1. The summed E-state index contributed by atoms with van der Waals surface area (Å²) < 4.78 is 0. The fourth-order valence-electron chi connectivity index (χ4n) is 1.23. The molecule has 1 aromatic rings. The Kier molecular flexibility index (Phi) is 4.75. The van der Waals surface area contributed by atoms with Gasteiger partial charge in [0.1, 0.15) is 5.75 Å². The molecule has 0 aliphatic heterocycles. The third-order valence-corrected chi connectivity index (χ3v) is 2.11. The fraction of sp³-hybridized carbons (Fsp3) is 0.364. The number of carbonyl (C=O) groups is 1. The Labute approximate surface area is 93.4 Å². The number of aliphatic hydroxyl groups is 2. The van der Waals surface area contributed by atoms with Crippen molar-refractivity contribution in [2.45, 2.75) is 12.5 Å². The average Bonchev–Trinajstić information content (AvgIpc) is 2.29. The molecule has 5 nitrogen and oxygen atoms in total. The highest BCUT2D eigenvalue weighted by Gasteiger charge is 2.10. The Balaban J connectivity index is 2.48. The van der Waals surface area contributed by atoms with Gasteiger partial charge in [-0.1, -0.05) is 12.1 Å². The first kappa shape index (κ1) is 12.5. The summed E-state index contributed by atoms with van der Waals surface area (Å²) in [5.41, 5.74) is 0.755. The van der Waals surface area contributed by atoms with Gasteiger partial charge in [-0.25, -0.2) is 0 Å². The predicted octanol–water partition coefficient (Wildman–Crippen LogP) is -0.596. The lowest BCUT2D eigenvalue weighted by molar-refractivity contribution is -0.121. The predicted molar refractivity (Wildman–Crippen MR) is 57.9 cm³/mol. The molecule has 0 heterocycles. The number of carbonyl (C=O) groups excluding carboxylic acids is 1. The molecule has 0 aliphatic rings. The van der Waals surface area contributed by atoms with E-state index in [0.717, 1.165) is 5.56 Å². The maximum Gasteiger partial charge on any atom is 0.224 e. The van der Waals surface area contributed by atoms with Crippen LogP contribution in [0.5, 0.6) is 5.75 Å². The van der Waals surface area contributed by atoms with E-state index in [1.165, 1.54) is 12.1 Å². The molecule has 5 heteroatoms. The van der Waals surface area contributed by atoms with Gasteiger partial charge < -0.3 is 20.6 Å². The molecule has 0 aromatic heterocycles. The lowest BCUT2D eigenvalue weighted by Crippen LogP contribution is -2.40. The largest absolute Gasteiger partial charge is 0.508 e. The van der Waals surface area contributed by atoms with Crippen LogP contribution in [0.3, 0.4) is 0 Å². The SMILES string of the molecule is O=C(Cc1ccc(O)cc1)NC(CO)CO. The van der Waals surface area contributed by atoms with Gasteiger partial charge in [0, 0.05) is 0 Å². The molecule has 0 unspecified atom stereocenters. The average molecular weight is 225 g/mol. The molecular weight excluding hydrogens is 210 g/mol. The number of hydrogen-bond acceptors (Lipinski definition) is 4. The second kappa shape index (κ2) is 6.09. The summed E-state index contributed by atoms with van der Waals surface area (Å²) in [4.78, 5) is 11.4. The van der Waals surface area contributed by atoms with Crippen LogP contribution in [0.15, 0.2) is 24.3 Å². The van der Waals surface area contributed by atoms with Crippen molar-refractivity contribution in [3.63, 3.8) is 0 Å². The van der Waals surface area contributed by atoms with Crippen LogP contribution in [-0.4, -0.2) is 40.5 Å². The van der Waals surface area contributed by atoms with Crippen molar-refractivity contribution >= 4 is 5.91 Å². The van der Waals surface area contributed by atoms with Crippen LogP contribution in [0.1, 0.15) is 5.56 Å². The third kappa shape index (κ3) is 3.88. The van der Waals surface area contributed by atoms with E-state index in [4.69, 9.17) is 15.3 Å². The second-order valence-electron chi connectivity index (χ2n) is 3.47. The molecule has 0 aliphatic carbocycles. The zero-order valence-corrected chi connectivity index (χ0v) is 8.76. The van der Waals surface area contributed by atoms with Gasteiger partial charge >= 0.3 is 0 Å². The van der Waals surface area contributed by atoms with E-state index in [0.29, 0.717) is 0 Å². The second-order valence-corrected chi connectivity index (χ2v) is 3.47. The number of aliphatic hydroxyl groups excluding tert-OH is 2. The number of hydrogen-bond donors (Lipinski definition) is 4. The van der Waals surface area contributed by atoms with Crippen LogP contribution in [0.25, 0.3) is 0 Å². The summed E-state index contributed by atoms with van der Waals surface area (Å²) in [5.74, 6) is -0.133. The third-order valence-electron chi connectivity index (χ3n) is 2.11. The van der Waals surface area contributed by atoms with Crippen LogP contribution < -0.4 is 5.32 Å². The van der Waals surface area contributed by atoms with E-state index < -0.39 is 6.04 Å². The number of aromatic hydroxyl groups is 1. The van der Waals surface area contributed by atoms with E-state index in [1.54, 1.807) is 12.1 Å². The maximum atomic E-state index is 11.4. The molecule has 1 amide bonds. The molecule has 0 fully saturated rings. The highest BCUT2D eigenvalue weighted by atomic mass is 16.3. The summed E-state index contributed by atoms with van der Waals surface area (Å²) in [7, 11) is 0. The molecule has 1 rings (SSSR count). The molecule has 0 spiro atoms. The summed E-state index contributed by atoms with van der Waals surface area (Å²) >= 11 is 0. The molecule has 0 atom stereocenters. The van der Waals surface area contributed by atoms with Gasteiger partial charge in [-0.05, 0) is 17.7 Å². The van der Waals surface area contributed by atoms with E-state index >= 15 is 0 Å². The Hall–Kier alpha value is -1.59. The Morgan fingerprint density at radius 2 is 1.75 bits per heavy atom. The zero-order chi connectivity index (χ0) is 12.0. The van der Waals surface area contributed by atoms with Crippen molar-refractivity contribution in [2.24, 2.45) is 0 Å². The summed E-state index contributed by atoms with van der Waals surface area (Å²) in [6, 6.07) is 5.66. The van der Waals surface area contributed by atoms with Crippen LogP contribution in [0.4, 0.5) is 0 Å². The number of amides is 1. The Bertz CT molecular complexity index is 332. The van der Waals surface area contributed by atoms with Crippen molar-refractivity contribution in [2.75, 3.05) is 13.2 Å². The van der Waals surface area contributed by atoms with Crippen LogP contribution in [0.2, 0.25) is 0 Å². The number of rotatable bonds is 5. The minimum atomic E-state index is -0.621. The number of benzene rings is 1. The minimum Gasteiger partial charge on any atom is -0.508 e. The zero-order valence-electron chi connectivity index (χ0n) is 8.76. The summed E-state index contributed by atoms with van der Waals surface area (Å²) in [6.45, 7) is -0.588. The number of phenols is 1. The van der Waals surface area contributed by atoms with Crippen molar-refractivity contribution < 1.29 is 20.1 Å². The number of phenolic OH excluding ortho intramolecular Hbond substituents is 1. The van der Waals surface area contributed by atoms with Gasteiger partial charge in [-0.15, -0.1) is 0 Å². The molecule has 0 saturated heterocycles. The fourth-order valence-corrected chi connectivity index (χ4v) is 1.23. The van der Waals surface area contributed by atoms with Crippen LogP contribution in [0, 0.1) is 0 Å². The highest BCUT2D eigenvalue weighted by molar-refractivity contribution is 5.78. The van der Waals surface area contributed by atoms with Gasteiger partial charge in [0.2, 0.25) is 5.91 Å². The molecule has 4 N–H and O–H groups in total. The van der Waals surface area contributed by atoms with Gasteiger partial charge in [-0.2, -0.15) is 0 Å². The molecule has 1 aromatic carbocycles. The lowest BCUT2D eigenvalue weighted by atomic mass is 10.1. The van der Waals surface area contributed by atoms with Gasteiger partial charge in [0.05, 0.1) is 25.7 Å². The van der Waals surface area contributed by atoms with E-state index in [9.17, 15) is 4.79 Å². The van der Waals surface area contributed by atoms with E-state index in [1.807, 2.05) is 0 Å². The quantitative estimate of drug-likeness (QED) is 0.539. The van der Waals surface area contributed by atoms with Crippen LogP contribution >= 0.6 is 0 Å². The standard InChI is InChI=1S/C11H15NO4/c13-6-9(7-14)12-11(16)5-8-1-3-10(15)4-2-8/h1-4,9,13-15H,5-7H2,(H,12,16). The minimum absolute atomic E-state index is 0.146. The molecule has 0 bridgehead atoms.